The summed E-state index contributed by atoms with van der Waals surface area (Å²) in [5.74, 6) is 0.570. The Hall–Kier alpha value is -0.570. The van der Waals surface area contributed by atoms with E-state index in [1.165, 1.54) is 19.3 Å². The van der Waals surface area contributed by atoms with Crippen molar-refractivity contribution in [2.45, 2.75) is 58.1 Å². The third-order valence-electron chi connectivity index (χ3n) is 2.94. The van der Waals surface area contributed by atoms with Crippen LogP contribution in [0.15, 0.2) is 0 Å². The van der Waals surface area contributed by atoms with Crippen LogP contribution in [0.1, 0.15) is 46.0 Å². The maximum Gasteiger partial charge on any atom is 0.222 e. The van der Waals surface area contributed by atoms with E-state index in [4.69, 9.17) is 5.11 Å². The van der Waals surface area contributed by atoms with E-state index < -0.39 is 6.10 Å². The zero-order chi connectivity index (χ0) is 10.6. The highest BCUT2D eigenvalue weighted by molar-refractivity contribution is 5.76. The molecule has 1 rings (SSSR count). The summed E-state index contributed by atoms with van der Waals surface area (Å²) >= 11 is 0. The number of nitrogens with one attached hydrogen (secondary N) is 1. The van der Waals surface area contributed by atoms with E-state index in [2.05, 4.69) is 12.2 Å². The molecule has 2 N–H and O–H groups in total. The molecule has 0 aliphatic heterocycles. The topological polar surface area (TPSA) is 49.3 Å². The van der Waals surface area contributed by atoms with Crippen molar-refractivity contribution in [3.05, 3.63) is 0 Å². The fourth-order valence-corrected chi connectivity index (χ4v) is 2.06. The van der Waals surface area contributed by atoms with Crippen molar-refractivity contribution < 1.29 is 9.90 Å². The second-order valence-electron chi connectivity index (χ2n) is 4.49. The van der Waals surface area contributed by atoms with E-state index in [1.807, 2.05) is 0 Å². The number of aliphatic hydroxyl groups is 1. The lowest BCUT2D eigenvalue weighted by Crippen LogP contribution is -2.41. The summed E-state index contributed by atoms with van der Waals surface area (Å²) in [6.07, 6.45) is 4.48. The van der Waals surface area contributed by atoms with Gasteiger partial charge in [-0.1, -0.05) is 19.8 Å². The zero-order valence-corrected chi connectivity index (χ0v) is 9.12. The number of rotatable bonds is 3. The average molecular weight is 199 g/mol. The van der Waals surface area contributed by atoms with Crippen molar-refractivity contribution in [1.82, 2.24) is 5.32 Å². The summed E-state index contributed by atoms with van der Waals surface area (Å²) in [7, 11) is 0. The first-order valence-electron chi connectivity index (χ1n) is 5.57. The predicted octanol–water partition coefficient (Wildman–Crippen LogP) is 1.45. The number of amides is 1. The number of hydrogen-bond donors (Lipinski definition) is 2. The summed E-state index contributed by atoms with van der Waals surface area (Å²) in [4.78, 5) is 11.4. The van der Waals surface area contributed by atoms with Crippen LogP contribution in [0.5, 0.6) is 0 Å². The molecular weight excluding hydrogens is 178 g/mol. The summed E-state index contributed by atoms with van der Waals surface area (Å²) in [6.45, 7) is 3.83. The highest BCUT2D eigenvalue weighted by atomic mass is 16.3. The number of carbonyl (C=O) groups excluding carboxylic acids is 1. The maximum atomic E-state index is 11.4. The second-order valence-corrected chi connectivity index (χ2v) is 4.49. The normalized spacial score (nSPS) is 29.6. The van der Waals surface area contributed by atoms with Crippen LogP contribution in [0.25, 0.3) is 0 Å². The third-order valence-corrected chi connectivity index (χ3v) is 2.94. The molecule has 0 saturated heterocycles. The van der Waals surface area contributed by atoms with Gasteiger partial charge in [0.1, 0.15) is 0 Å². The minimum absolute atomic E-state index is 0.0150. The number of aliphatic hydroxyl groups excluding tert-OH is 1. The van der Waals surface area contributed by atoms with Crippen LogP contribution in [0.3, 0.4) is 0 Å². The minimum Gasteiger partial charge on any atom is -0.393 e. The fourth-order valence-electron chi connectivity index (χ4n) is 2.06. The third kappa shape index (κ3) is 3.66. The van der Waals surface area contributed by atoms with Crippen molar-refractivity contribution in [2.75, 3.05) is 0 Å². The predicted molar refractivity (Wildman–Crippen MR) is 55.9 cm³/mol. The molecular formula is C11H21NO2. The largest absolute Gasteiger partial charge is 0.393 e. The van der Waals surface area contributed by atoms with Crippen LogP contribution in [-0.2, 0) is 4.79 Å². The molecule has 3 atom stereocenters. The van der Waals surface area contributed by atoms with Gasteiger partial charge >= 0.3 is 0 Å². The summed E-state index contributed by atoms with van der Waals surface area (Å²) in [6, 6.07) is 0.329. The Morgan fingerprint density at radius 2 is 2.14 bits per heavy atom. The molecule has 82 valence electrons. The molecule has 1 aliphatic carbocycles. The summed E-state index contributed by atoms with van der Waals surface area (Å²) in [5, 5.41) is 12.1. The first kappa shape index (κ1) is 11.5. The Labute approximate surface area is 85.9 Å². The van der Waals surface area contributed by atoms with Crippen molar-refractivity contribution in [1.29, 1.82) is 0 Å². The summed E-state index contributed by atoms with van der Waals surface area (Å²) < 4.78 is 0. The maximum absolute atomic E-state index is 11.4. The van der Waals surface area contributed by atoms with Gasteiger partial charge in [0, 0.05) is 6.04 Å². The van der Waals surface area contributed by atoms with E-state index in [1.54, 1.807) is 6.92 Å². The van der Waals surface area contributed by atoms with E-state index >= 15 is 0 Å². The van der Waals surface area contributed by atoms with Crippen molar-refractivity contribution in [2.24, 2.45) is 5.92 Å². The molecule has 1 amide bonds. The lowest BCUT2D eigenvalue weighted by Gasteiger charge is -2.29. The van der Waals surface area contributed by atoms with Crippen molar-refractivity contribution in [3.63, 3.8) is 0 Å². The Bertz CT molecular complexity index is 192. The molecule has 0 heterocycles. The quantitative estimate of drug-likeness (QED) is 0.723. The first-order valence-corrected chi connectivity index (χ1v) is 5.57. The van der Waals surface area contributed by atoms with E-state index in [0.717, 1.165) is 6.42 Å². The zero-order valence-electron chi connectivity index (χ0n) is 9.12. The molecule has 1 aliphatic rings. The van der Waals surface area contributed by atoms with Crippen LogP contribution < -0.4 is 5.32 Å². The van der Waals surface area contributed by atoms with Crippen LogP contribution in [0.2, 0.25) is 0 Å². The van der Waals surface area contributed by atoms with E-state index in [9.17, 15) is 4.79 Å². The Kier molecular flexibility index (Phi) is 4.39. The fraction of sp³-hybridized carbons (Fsp3) is 0.909. The smallest absolute Gasteiger partial charge is 0.222 e. The number of hydrogen-bond acceptors (Lipinski definition) is 2. The Morgan fingerprint density at radius 1 is 1.50 bits per heavy atom. The molecule has 3 heteroatoms. The van der Waals surface area contributed by atoms with Gasteiger partial charge in [-0.15, -0.1) is 0 Å². The lowest BCUT2D eigenvalue weighted by molar-refractivity contribution is -0.124. The molecule has 0 aromatic carbocycles. The molecule has 1 fully saturated rings. The van der Waals surface area contributed by atoms with Crippen LogP contribution >= 0.6 is 0 Å². The highest BCUT2D eigenvalue weighted by Gasteiger charge is 2.22. The van der Waals surface area contributed by atoms with Crippen LogP contribution in [0, 0.1) is 5.92 Å². The standard InChI is InChI=1S/C11H21NO2/c1-8-5-3-4-6-10(8)12-11(14)7-9(2)13/h8-10,13H,3-7H2,1-2H3,(H,12,14). The van der Waals surface area contributed by atoms with Gasteiger partial charge in [-0.25, -0.2) is 0 Å². The second kappa shape index (κ2) is 5.35. The van der Waals surface area contributed by atoms with Gasteiger partial charge in [-0.05, 0) is 25.7 Å². The molecule has 1 saturated carbocycles. The summed E-state index contributed by atoms with van der Waals surface area (Å²) in [5.41, 5.74) is 0. The van der Waals surface area contributed by atoms with Gasteiger partial charge in [0.2, 0.25) is 5.91 Å². The molecule has 0 aromatic rings. The van der Waals surface area contributed by atoms with Gasteiger partial charge in [0.15, 0.2) is 0 Å². The van der Waals surface area contributed by atoms with Gasteiger partial charge in [-0.3, -0.25) is 4.79 Å². The molecule has 0 radical (unpaired) electrons. The van der Waals surface area contributed by atoms with Gasteiger partial charge < -0.3 is 10.4 Å². The Morgan fingerprint density at radius 3 is 2.71 bits per heavy atom. The lowest BCUT2D eigenvalue weighted by atomic mass is 9.86. The van der Waals surface area contributed by atoms with E-state index in [-0.39, 0.29) is 12.3 Å². The SMILES string of the molecule is CC(O)CC(=O)NC1CCCCC1C. The van der Waals surface area contributed by atoms with E-state index in [0.29, 0.717) is 12.0 Å². The van der Waals surface area contributed by atoms with Crippen molar-refractivity contribution >= 4 is 5.91 Å². The van der Waals surface area contributed by atoms with Crippen LogP contribution in [0.4, 0.5) is 0 Å². The number of carbonyl (C=O) groups is 1. The molecule has 0 spiro atoms. The average Bonchev–Trinajstić information content (AvgIpc) is 2.07. The molecule has 0 aromatic heterocycles. The highest BCUT2D eigenvalue weighted by Crippen LogP contribution is 2.23. The van der Waals surface area contributed by atoms with Crippen molar-refractivity contribution in [3.8, 4) is 0 Å². The first-order chi connectivity index (χ1) is 6.59. The van der Waals surface area contributed by atoms with Crippen LogP contribution in [-0.4, -0.2) is 23.2 Å². The Balaban J connectivity index is 2.31. The van der Waals surface area contributed by atoms with Gasteiger partial charge in [0.25, 0.3) is 0 Å². The van der Waals surface area contributed by atoms with Gasteiger partial charge in [-0.2, -0.15) is 0 Å². The molecule has 14 heavy (non-hydrogen) atoms. The molecule has 0 bridgehead atoms. The monoisotopic (exact) mass is 199 g/mol. The minimum atomic E-state index is -0.533. The van der Waals surface area contributed by atoms with Gasteiger partial charge in [0.05, 0.1) is 12.5 Å². The molecule has 3 nitrogen and oxygen atoms in total. The molecule has 3 unspecified atom stereocenters.